The summed E-state index contributed by atoms with van der Waals surface area (Å²) < 4.78 is 0. The lowest BCUT2D eigenvalue weighted by Gasteiger charge is -2.31. The Kier molecular flexibility index (Phi) is 6.90. The van der Waals surface area contributed by atoms with Gasteiger partial charge in [-0.25, -0.2) is 4.79 Å². The fourth-order valence-electron chi connectivity index (χ4n) is 3.12. The molecule has 4 nitrogen and oxygen atoms in total. The molecule has 0 radical (unpaired) electrons. The van der Waals surface area contributed by atoms with E-state index in [1.165, 1.54) is 31.4 Å². The van der Waals surface area contributed by atoms with Crippen molar-refractivity contribution in [1.29, 1.82) is 0 Å². The maximum Gasteiger partial charge on any atom is 0.319 e. The lowest BCUT2D eigenvalue weighted by atomic mass is 9.97. The number of anilines is 1. The SMILES string of the molecule is CCCN1CCC(CNC(=O)Nc2cccc(C(C)C)c2)CC1. The van der Waals surface area contributed by atoms with Crippen molar-refractivity contribution >= 4 is 11.7 Å². The number of hydrogen-bond acceptors (Lipinski definition) is 2. The van der Waals surface area contributed by atoms with Crippen molar-refractivity contribution in [3.8, 4) is 0 Å². The van der Waals surface area contributed by atoms with E-state index in [9.17, 15) is 4.79 Å². The Hall–Kier alpha value is -1.55. The normalized spacial score (nSPS) is 16.5. The second-order valence-electron chi connectivity index (χ2n) is 6.90. The largest absolute Gasteiger partial charge is 0.338 e. The number of urea groups is 1. The molecular weight excluding hydrogens is 286 g/mol. The van der Waals surface area contributed by atoms with E-state index in [4.69, 9.17) is 0 Å². The number of piperidine rings is 1. The van der Waals surface area contributed by atoms with Gasteiger partial charge >= 0.3 is 6.03 Å². The molecule has 2 N–H and O–H groups in total. The Morgan fingerprint density at radius 3 is 2.70 bits per heavy atom. The number of carbonyl (C=O) groups is 1. The zero-order valence-corrected chi connectivity index (χ0v) is 14.8. The van der Waals surface area contributed by atoms with Crippen LogP contribution < -0.4 is 10.6 Å². The summed E-state index contributed by atoms with van der Waals surface area (Å²) in [6.07, 6.45) is 3.59. The minimum atomic E-state index is -0.0955. The van der Waals surface area contributed by atoms with Crippen LogP contribution >= 0.6 is 0 Å². The molecule has 2 rings (SSSR count). The molecule has 0 aromatic heterocycles. The Morgan fingerprint density at radius 2 is 2.04 bits per heavy atom. The molecule has 23 heavy (non-hydrogen) atoms. The van der Waals surface area contributed by atoms with Crippen LogP contribution in [0.5, 0.6) is 0 Å². The fraction of sp³-hybridized carbons (Fsp3) is 0.632. The van der Waals surface area contributed by atoms with Gasteiger partial charge in [-0.05, 0) is 68.4 Å². The van der Waals surface area contributed by atoms with Gasteiger partial charge in [-0.1, -0.05) is 32.9 Å². The van der Waals surface area contributed by atoms with Gasteiger partial charge in [0.1, 0.15) is 0 Å². The van der Waals surface area contributed by atoms with Crippen molar-refractivity contribution in [3.05, 3.63) is 29.8 Å². The fourth-order valence-corrected chi connectivity index (χ4v) is 3.12. The van der Waals surface area contributed by atoms with Crippen LogP contribution in [-0.4, -0.2) is 37.1 Å². The Bertz CT molecular complexity index is 493. The van der Waals surface area contributed by atoms with E-state index < -0.39 is 0 Å². The smallest absolute Gasteiger partial charge is 0.319 e. The Morgan fingerprint density at radius 1 is 1.30 bits per heavy atom. The summed E-state index contributed by atoms with van der Waals surface area (Å²) in [7, 11) is 0. The quantitative estimate of drug-likeness (QED) is 0.831. The number of nitrogens with zero attached hydrogens (tertiary/aromatic N) is 1. The predicted octanol–water partition coefficient (Wildman–Crippen LogP) is 4.05. The summed E-state index contributed by atoms with van der Waals surface area (Å²) in [6.45, 7) is 10.8. The number of benzene rings is 1. The van der Waals surface area contributed by atoms with Gasteiger partial charge in [-0.2, -0.15) is 0 Å². The van der Waals surface area contributed by atoms with E-state index >= 15 is 0 Å². The second kappa shape index (κ2) is 8.92. The molecule has 0 spiro atoms. The average molecular weight is 317 g/mol. The number of rotatable bonds is 6. The number of nitrogens with one attached hydrogen (secondary N) is 2. The summed E-state index contributed by atoms with van der Waals surface area (Å²) in [5, 5.41) is 5.97. The Balaban J connectivity index is 1.72. The molecule has 1 aromatic carbocycles. The van der Waals surface area contributed by atoms with E-state index in [-0.39, 0.29) is 6.03 Å². The van der Waals surface area contributed by atoms with Gasteiger partial charge in [0.15, 0.2) is 0 Å². The molecule has 1 heterocycles. The molecule has 1 aliphatic rings. The van der Waals surface area contributed by atoms with Gasteiger partial charge in [-0.3, -0.25) is 0 Å². The third-order valence-electron chi connectivity index (χ3n) is 4.61. The maximum absolute atomic E-state index is 12.1. The molecule has 0 aliphatic carbocycles. The van der Waals surface area contributed by atoms with Gasteiger partial charge in [0.2, 0.25) is 0 Å². The van der Waals surface area contributed by atoms with Crippen molar-refractivity contribution < 1.29 is 4.79 Å². The highest BCUT2D eigenvalue weighted by molar-refractivity contribution is 5.89. The lowest BCUT2D eigenvalue weighted by molar-refractivity contribution is 0.182. The molecule has 0 atom stereocenters. The van der Waals surface area contributed by atoms with Gasteiger partial charge in [0.25, 0.3) is 0 Å². The van der Waals surface area contributed by atoms with Crippen LogP contribution in [-0.2, 0) is 0 Å². The first-order valence-electron chi connectivity index (χ1n) is 8.95. The molecule has 2 amide bonds. The maximum atomic E-state index is 12.1. The summed E-state index contributed by atoms with van der Waals surface area (Å²) in [5.41, 5.74) is 2.11. The minimum Gasteiger partial charge on any atom is -0.338 e. The Labute approximate surface area is 140 Å². The van der Waals surface area contributed by atoms with Gasteiger partial charge in [0.05, 0.1) is 0 Å². The molecule has 1 fully saturated rings. The van der Waals surface area contributed by atoms with E-state index in [1.54, 1.807) is 0 Å². The van der Waals surface area contributed by atoms with Gasteiger partial charge < -0.3 is 15.5 Å². The monoisotopic (exact) mass is 317 g/mol. The van der Waals surface area contributed by atoms with Crippen molar-refractivity contribution in [2.75, 3.05) is 31.5 Å². The van der Waals surface area contributed by atoms with Crippen molar-refractivity contribution in [2.45, 2.75) is 46.0 Å². The lowest BCUT2D eigenvalue weighted by Crippen LogP contribution is -2.40. The first-order chi connectivity index (χ1) is 11.1. The predicted molar refractivity (Wildman–Crippen MR) is 97.0 cm³/mol. The van der Waals surface area contributed by atoms with Gasteiger partial charge in [0, 0.05) is 12.2 Å². The second-order valence-corrected chi connectivity index (χ2v) is 6.90. The molecule has 1 saturated heterocycles. The van der Waals surface area contributed by atoms with Crippen LogP contribution in [0, 0.1) is 5.92 Å². The first-order valence-corrected chi connectivity index (χ1v) is 8.95. The van der Waals surface area contributed by atoms with Crippen LogP contribution in [0.1, 0.15) is 51.5 Å². The highest BCUT2D eigenvalue weighted by atomic mass is 16.2. The zero-order chi connectivity index (χ0) is 16.7. The molecule has 1 aromatic rings. The zero-order valence-electron chi connectivity index (χ0n) is 14.8. The number of hydrogen-bond donors (Lipinski definition) is 2. The minimum absolute atomic E-state index is 0.0955. The third kappa shape index (κ3) is 5.87. The summed E-state index contributed by atoms with van der Waals surface area (Å²) in [4.78, 5) is 14.6. The number of carbonyl (C=O) groups excluding carboxylic acids is 1. The van der Waals surface area contributed by atoms with Crippen LogP contribution in [0.25, 0.3) is 0 Å². The molecule has 0 saturated carbocycles. The van der Waals surface area contributed by atoms with E-state index in [0.717, 1.165) is 25.3 Å². The van der Waals surface area contributed by atoms with Crippen molar-refractivity contribution in [1.82, 2.24) is 10.2 Å². The van der Waals surface area contributed by atoms with Crippen LogP contribution in [0.15, 0.2) is 24.3 Å². The summed E-state index contributed by atoms with van der Waals surface area (Å²) in [6, 6.07) is 7.98. The highest BCUT2D eigenvalue weighted by Crippen LogP contribution is 2.19. The molecular formula is C19H31N3O. The van der Waals surface area contributed by atoms with Crippen LogP contribution in [0.4, 0.5) is 10.5 Å². The van der Waals surface area contributed by atoms with E-state index in [0.29, 0.717) is 11.8 Å². The van der Waals surface area contributed by atoms with Crippen molar-refractivity contribution in [2.24, 2.45) is 5.92 Å². The van der Waals surface area contributed by atoms with Crippen LogP contribution in [0.2, 0.25) is 0 Å². The number of amides is 2. The molecule has 1 aliphatic heterocycles. The molecule has 0 bridgehead atoms. The molecule has 0 unspecified atom stereocenters. The number of likely N-dealkylation sites (tertiary alicyclic amines) is 1. The highest BCUT2D eigenvalue weighted by Gasteiger charge is 2.18. The van der Waals surface area contributed by atoms with Gasteiger partial charge in [-0.15, -0.1) is 0 Å². The topological polar surface area (TPSA) is 44.4 Å². The molecule has 4 heteroatoms. The van der Waals surface area contributed by atoms with E-state index in [2.05, 4.69) is 42.4 Å². The van der Waals surface area contributed by atoms with Crippen LogP contribution in [0.3, 0.4) is 0 Å². The summed E-state index contributed by atoms with van der Waals surface area (Å²) in [5.74, 6) is 1.07. The van der Waals surface area contributed by atoms with Crippen molar-refractivity contribution in [3.63, 3.8) is 0 Å². The van der Waals surface area contributed by atoms with E-state index in [1.807, 2.05) is 18.2 Å². The first kappa shape index (κ1) is 17.8. The summed E-state index contributed by atoms with van der Waals surface area (Å²) >= 11 is 0. The standard InChI is InChI=1S/C19H31N3O/c1-4-10-22-11-8-16(9-12-22)14-20-19(23)21-18-7-5-6-17(13-18)15(2)3/h5-7,13,15-16H,4,8-12,14H2,1-3H3,(H2,20,21,23). The molecule has 128 valence electrons. The third-order valence-corrected chi connectivity index (χ3v) is 4.61. The average Bonchev–Trinajstić information content (AvgIpc) is 2.55.